The minimum atomic E-state index is -0.514. The van der Waals surface area contributed by atoms with Crippen molar-refractivity contribution in [2.24, 2.45) is 5.73 Å². The van der Waals surface area contributed by atoms with E-state index >= 15 is 0 Å². The fourth-order valence-corrected chi connectivity index (χ4v) is 2.65. The van der Waals surface area contributed by atoms with E-state index in [-0.39, 0.29) is 5.97 Å². The van der Waals surface area contributed by atoms with E-state index < -0.39 is 6.04 Å². The van der Waals surface area contributed by atoms with Crippen LogP contribution in [0, 0.1) is 6.92 Å². The third-order valence-corrected chi connectivity index (χ3v) is 3.64. The van der Waals surface area contributed by atoms with Crippen LogP contribution >= 0.6 is 11.8 Å². The van der Waals surface area contributed by atoms with Crippen molar-refractivity contribution in [3.8, 4) is 0 Å². The predicted octanol–water partition coefficient (Wildman–Crippen LogP) is 1.34. The van der Waals surface area contributed by atoms with Gasteiger partial charge in [0.25, 0.3) is 0 Å². The van der Waals surface area contributed by atoms with E-state index in [1.165, 1.54) is 12.8 Å². The third kappa shape index (κ3) is 4.34. The fourth-order valence-electron chi connectivity index (χ4n) is 1.65. The van der Waals surface area contributed by atoms with Crippen LogP contribution in [0.15, 0.2) is 6.07 Å². The molecule has 0 radical (unpaired) electrons. The molecule has 18 heavy (non-hydrogen) atoms. The molecule has 5 nitrogen and oxygen atoms in total. The van der Waals surface area contributed by atoms with Crippen LogP contribution in [0.4, 0.5) is 0 Å². The van der Waals surface area contributed by atoms with Crippen LogP contribution in [0.3, 0.4) is 0 Å². The van der Waals surface area contributed by atoms with Gasteiger partial charge in [-0.05, 0) is 32.1 Å². The summed E-state index contributed by atoms with van der Waals surface area (Å²) in [5.74, 6) is 1.39. The van der Waals surface area contributed by atoms with E-state index in [1.807, 2.05) is 11.6 Å². The van der Waals surface area contributed by atoms with Crippen molar-refractivity contribution >= 4 is 17.7 Å². The summed E-state index contributed by atoms with van der Waals surface area (Å²) in [5.41, 5.74) is 7.92. The lowest BCUT2D eigenvalue weighted by atomic mass is 10.2. The Morgan fingerprint density at radius 1 is 1.67 bits per heavy atom. The van der Waals surface area contributed by atoms with Crippen LogP contribution in [-0.4, -0.2) is 34.7 Å². The van der Waals surface area contributed by atoms with Gasteiger partial charge in [-0.25, -0.2) is 0 Å². The van der Waals surface area contributed by atoms with Gasteiger partial charge in [-0.2, -0.15) is 16.9 Å². The van der Waals surface area contributed by atoms with Gasteiger partial charge in [0.1, 0.15) is 6.04 Å². The topological polar surface area (TPSA) is 70.1 Å². The highest BCUT2D eigenvalue weighted by Crippen LogP contribution is 2.15. The minimum absolute atomic E-state index is 0.343. The summed E-state index contributed by atoms with van der Waals surface area (Å²) >= 11 is 1.76. The maximum atomic E-state index is 11.1. The van der Waals surface area contributed by atoms with E-state index in [2.05, 4.69) is 22.8 Å². The van der Waals surface area contributed by atoms with Crippen molar-refractivity contribution in [3.63, 3.8) is 0 Å². The van der Waals surface area contributed by atoms with Gasteiger partial charge < -0.3 is 10.5 Å². The van der Waals surface area contributed by atoms with Gasteiger partial charge in [-0.1, -0.05) is 0 Å². The van der Waals surface area contributed by atoms with Crippen molar-refractivity contribution in [3.05, 3.63) is 17.5 Å². The molecule has 0 aliphatic heterocycles. The van der Waals surface area contributed by atoms with E-state index in [0.717, 1.165) is 23.7 Å². The van der Waals surface area contributed by atoms with Crippen molar-refractivity contribution < 1.29 is 9.53 Å². The molecule has 1 atom stereocenters. The Labute approximate surface area is 112 Å². The van der Waals surface area contributed by atoms with Gasteiger partial charge in [0.05, 0.1) is 12.8 Å². The molecule has 0 aliphatic rings. The van der Waals surface area contributed by atoms with E-state index in [1.54, 1.807) is 11.8 Å². The van der Waals surface area contributed by atoms with Crippen molar-refractivity contribution in [2.45, 2.75) is 38.6 Å². The van der Waals surface area contributed by atoms with Gasteiger partial charge in [0.2, 0.25) is 0 Å². The Kier molecular flexibility index (Phi) is 6.21. The van der Waals surface area contributed by atoms with E-state index in [9.17, 15) is 4.79 Å². The highest BCUT2D eigenvalue weighted by atomic mass is 32.2. The number of ether oxygens (including phenoxy) is 1. The molecule has 0 saturated heterocycles. The van der Waals surface area contributed by atoms with Crippen molar-refractivity contribution in [1.29, 1.82) is 0 Å². The monoisotopic (exact) mass is 271 g/mol. The van der Waals surface area contributed by atoms with Crippen LogP contribution < -0.4 is 5.73 Å². The number of methoxy groups -OCH3 is 1. The second kappa shape index (κ2) is 7.43. The summed E-state index contributed by atoms with van der Waals surface area (Å²) in [4.78, 5) is 11.1. The molecule has 1 heterocycles. The molecule has 1 unspecified atom stereocenters. The Hall–Kier alpha value is -1.01. The molecular weight excluding hydrogens is 250 g/mol. The van der Waals surface area contributed by atoms with Gasteiger partial charge in [0.15, 0.2) is 0 Å². The van der Waals surface area contributed by atoms with E-state index in [0.29, 0.717) is 6.42 Å². The SMILES string of the molecule is CCn1nc(C)cc1CSCCC(N)C(=O)OC. The fraction of sp³-hybridized carbons (Fsp3) is 0.667. The van der Waals surface area contributed by atoms with E-state index in [4.69, 9.17) is 5.73 Å². The average molecular weight is 271 g/mol. The number of carbonyl (C=O) groups is 1. The number of hydrogen-bond acceptors (Lipinski definition) is 5. The first-order valence-electron chi connectivity index (χ1n) is 6.03. The zero-order valence-electron chi connectivity index (χ0n) is 11.2. The Bertz CT molecular complexity index is 393. The lowest BCUT2D eigenvalue weighted by Crippen LogP contribution is -2.31. The van der Waals surface area contributed by atoms with Gasteiger partial charge >= 0.3 is 5.97 Å². The zero-order chi connectivity index (χ0) is 13.5. The van der Waals surface area contributed by atoms with Crippen LogP contribution in [-0.2, 0) is 21.8 Å². The molecule has 1 aromatic rings. The molecule has 1 rings (SSSR count). The molecule has 0 bridgehead atoms. The Balaban J connectivity index is 2.31. The summed E-state index contributed by atoms with van der Waals surface area (Å²) in [6.45, 7) is 4.95. The van der Waals surface area contributed by atoms with Gasteiger partial charge in [0, 0.05) is 18.0 Å². The first kappa shape index (κ1) is 15.0. The summed E-state index contributed by atoms with van der Waals surface area (Å²) in [5, 5.41) is 4.39. The number of aromatic nitrogens is 2. The maximum absolute atomic E-state index is 11.1. The number of aryl methyl sites for hydroxylation is 2. The number of rotatable bonds is 7. The third-order valence-electron chi connectivity index (χ3n) is 2.61. The highest BCUT2D eigenvalue weighted by Gasteiger charge is 2.13. The smallest absolute Gasteiger partial charge is 0.322 e. The predicted molar refractivity (Wildman–Crippen MR) is 73.4 cm³/mol. The molecule has 2 N–H and O–H groups in total. The minimum Gasteiger partial charge on any atom is -0.468 e. The molecule has 0 amide bonds. The second-order valence-corrected chi connectivity index (χ2v) is 5.17. The summed E-state index contributed by atoms with van der Waals surface area (Å²) in [7, 11) is 1.36. The maximum Gasteiger partial charge on any atom is 0.322 e. The molecule has 0 spiro atoms. The summed E-state index contributed by atoms with van der Waals surface area (Å²) < 4.78 is 6.58. The molecule has 6 heteroatoms. The molecule has 0 saturated carbocycles. The summed E-state index contributed by atoms with van der Waals surface area (Å²) in [6.07, 6.45) is 0.636. The van der Waals surface area contributed by atoms with Crippen molar-refractivity contribution in [1.82, 2.24) is 9.78 Å². The zero-order valence-corrected chi connectivity index (χ0v) is 12.0. The lowest BCUT2D eigenvalue weighted by Gasteiger charge is -2.09. The largest absolute Gasteiger partial charge is 0.468 e. The Morgan fingerprint density at radius 3 is 3.00 bits per heavy atom. The second-order valence-electron chi connectivity index (χ2n) is 4.06. The van der Waals surface area contributed by atoms with Crippen LogP contribution in [0.1, 0.15) is 24.7 Å². The number of hydrogen-bond donors (Lipinski definition) is 1. The first-order chi connectivity index (χ1) is 8.58. The highest BCUT2D eigenvalue weighted by molar-refractivity contribution is 7.98. The van der Waals surface area contributed by atoms with Crippen molar-refractivity contribution in [2.75, 3.05) is 12.9 Å². The molecule has 102 valence electrons. The van der Waals surface area contributed by atoms with Crippen LogP contribution in [0.2, 0.25) is 0 Å². The van der Waals surface area contributed by atoms with Gasteiger partial charge in [-0.15, -0.1) is 0 Å². The molecule has 1 aromatic heterocycles. The number of nitrogens with zero attached hydrogens (tertiary/aromatic N) is 2. The quantitative estimate of drug-likeness (QED) is 0.598. The average Bonchev–Trinajstić information content (AvgIpc) is 2.73. The number of esters is 1. The molecule has 0 fully saturated rings. The summed E-state index contributed by atoms with van der Waals surface area (Å²) in [6, 6.07) is 1.58. The number of thioether (sulfide) groups is 1. The first-order valence-corrected chi connectivity index (χ1v) is 7.18. The van der Waals surface area contributed by atoms with Gasteiger partial charge in [-0.3, -0.25) is 9.48 Å². The normalized spacial score (nSPS) is 12.4. The standard InChI is InChI=1S/C12H21N3O2S/c1-4-15-10(7-9(2)14-15)8-18-6-5-11(13)12(16)17-3/h7,11H,4-6,8,13H2,1-3H3. The van der Waals surface area contributed by atoms with Crippen LogP contribution in [0.25, 0.3) is 0 Å². The number of nitrogens with two attached hydrogens (primary N) is 1. The molecular formula is C12H21N3O2S. The number of carbonyl (C=O) groups excluding carboxylic acids is 1. The van der Waals surface area contributed by atoms with Crippen LogP contribution in [0.5, 0.6) is 0 Å². The molecule has 0 aliphatic carbocycles. The molecule has 0 aromatic carbocycles. The lowest BCUT2D eigenvalue weighted by molar-refractivity contribution is -0.142. The Morgan fingerprint density at radius 2 is 2.39 bits per heavy atom.